The number of nitrogens with one attached hydrogen (secondary N) is 2. The number of carbonyl (C=O) groups excluding carboxylic acids is 1. The van der Waals surface area contributed by atoms with E-state index in [1.165, 1.54) is 11.1 Å². The van der Waals surface area contributed by atoms with E-state index in [1.807, 2.05) is 17.2 Å². The third-order valence-corrected chi connectivity index (χ3v) is 8.53. The lowest BCUT2D eigenvalue weighted by atomic mass is 9.95. The number of nitrogens with zero attached hydrogens (tertiary/aromatic N) is 6. The molecular weight excluding hydrogens is 528 g/mol. The van der Waals surface area contributed by atoms with Crippen LogP contribution in [0.4, 0.5) is 16.4 Å². The van der Waals surface area contributed by atoms with Crippen LogP contribution < -0.4 is 10.6 Å². The van der Waals surface area contributed by atoms with E-state index in [1.54, 1.807) is 6.20 Å². The molecule has 4 heterocycles. The lowest BCUT2D eigenvalue weighted by Crippen LogP contribution is -2.59. The van der Waals surface area contributed by atoms with Gasteiger partial charge in [0.25, 0.3) is 0 Å². The van der Waals surface area contributed by atoms with Crippen LogP contribution in [-0.4, -0.2) is 80.5 Å². The lowest BCUT2D eigenvalue weighted by molar-refractivity contribution is -0.111. The maximum Gasteiger partial charge on any atom is 0.318 e. The van der Waals surface area contributed by atoms with Gasteiger partial charge < -0.3 is 25.2 Å². The number of anilines is 2. The van der Waals surface area contributed by atoms with Gasteiger partial charge in [-0.2, -0.15) is 5.10 Å². The number of rotatable bonds is 6. The van der Waals surface area contributed by atoms with E-state index in [0.717, 1.165) is 68.6 Å². The molecule has 0 saturated carbocycles. The van der Waals surface area contributed by atoms with Gasteiger partial charge in [-0.1, -0.05) is 18.6 Å². The number of carbonyl (C=O) groups is 1. The topological polar surface area (TPSA) is 100 Å². The fraction of sp³-hybridized carbons (Fsp3) is 0.562. The lowest BCUT2D eigenvalue weighted by Gasteiger charge is -2.42. The van der Waals surface area contributed by atoms with Crippen LogP contribution in [0.3, 0.4) is 0 Å². The molecule has 3 aromatic rings. The molecule has 2 fully saturated rings. The van der Waals surface area contributed by atoms with Gasteiger partial charge in [-0.15, -0.1) is 0 Å². The van der Waals surface area contributed by atoms with Gasteiger partial charge in [0.2, 0.25) is 5.95 Å². The number of likely N-dealkylation sites (tertiary alicyclic amines) is 2. The predicted molar refractivity (Wildman–Crippen MR) is 164 cm³/mol. The predicted octanol–water partition coefficient (Wildman–Crippen LogP) is 5.33. The average molecular weight is 573 g/mol. The van der Waals surface area contributed by atoms with Crippen LogP contribution in [-0.2, 0) is 11.2 Å². The monoisotopic (exact) mass is 572 g/mol. The minimum Gasteiger partial charge on any atom is -0.369 e. The molecule has 42 heavy (non-hydrogen) atoms. The summed E-state index contributed by atoms with van der Waals surface area (Å²) < 4.78 is 8.07. The second-order valence-corrected chi connectivity index (χ2v) is 13.1. The molecule has 3 aliphatic rings. The Morgan fingerprint density at radius 3 is 2.67 bits per heavy atom. The van der Waals surface area contributed by atoms with Crippen molar-refractivity contribution in [2.24, 2.45) is 0 Å². The number of benzene rings is 1. The molecule has 1 atom stereocenters. The zero-order chi connectivity index (χ0) is 29.3. The van der Waals surface area contributed by atoms with Crippen molar-refractivity contribution in [3.63, 3.8) is 0 Å². The highest BCUT2D eigenvalue weighted by molar-refractivity contribution is 5.76. The van der Waals surface area contributed by atoms with Crippen molar-refractivity contribution in [3.8, 4) is 11.3 Å². The van der Waals surface area contributed by atoms with Crippen LogP contribution >= 0.6 is 0 Å². The second kappa shape index (κ2) is 12.0. The standard InChI is InChI=1S/C32H44N8O2/c1-32(2,3)42-26-20-39(21-26)31(41)37-29-8-6-5-7-22-17-23(9-10-27(22)29)28-11-14-33-30(36-28)35-24-18-34-40(19-24)25-12-15-38(4)16-13-25/h9-11,14,17-19,25-26,29H,5-8,12-13,15-16,20-21H2,1-4H3,(H,37,41)(H,33,35,36). The largest absolute Gasteiger partial charge is 0.369 e. The molecule has 10 heteroatoms. The summed E-state index contributed by atoms with van der Waals surface area (Å²) in [6.07, 6.45) is 12.2. The molecular formula is C32H44N8O2. The van der Waals surface area contributed by atoms with Crippen LogP contribution in [0.1, 0.15) is 76.1 Å². The maximum absolute atomic E-state index is 13.0. The molecule has 10 nitrogen and oxygen atoms in total. The number of ether oxygens (including phenoxy) is 1. The highest BCUT2D eigenvalue weighted by Crippen LogP contribution is 2.33. The number of piperidine rings is 1. The zero-order valence-electron chi connectivity index (χ0n) is 25.3. The summed E-state index contributed by atoms with van der Waals surface area (Å²) >= 11 is 0. The first kappa shape index (κ1) is 28.6. The van der Waals surface area contributed by atoms with Gasteiger partial charge in [-0.05, 0) is 96.3 Å². The molecule has 1 unspecified atom stereocenters. The number of aryl methyl sites for hydroxylation is 1. The molecule has 2 saturated heterocycles. The number of aromatic nitrogens is 4. The minimum atomic E-state index is -0.193. The average Bonchev–Trinajstić information content (AvgIpc) is 3.31. The molecule has 2 N–H and O–H groups in total. The van der Waals surface area contributed by atoms with Crippen molar-refractivity contribution in [1.82, 2.24) is 34.9 Å². The first-order chi connectivity index (χ1) is 20.2. The molecule has 2 aromatic heterocycles. The summed E-state index contributed by atoms with van der Waals surface area (Å²) in [7, 11) is 2.17. The summed E-state index contributed by atoms with van der Waals surface area (Å²) in [6, 6.07) is 8.91. The van der Waals surface area contributed by atoms with Crippen molar-refractivity contribution >= 4 is 17.7 Å². The molecule has 224 valence electrons. The van der Waals surface area contributed by atoms with Crippen LogP contribution in [0.15, 0.2) is 42.9 Å². The fourth-order valence-corrected chi connectivity index (χ4v) is 6.28. The van der Waals surface area contributed by atoms with Gasteiger partial charge in [-0.25, -0.2) is 14.8 Å². The van der Waals surface area contributed by atoms with Crippen LogP contribution in [0.2, 0.25) is 0 Å². The van der Waals surface area contributed by atoms with Crippen molar-refractivity contribution in [1.29, 1.82) is 0 Å². The summed E-state index contributed by atoms with van der Waals surface area (Å²) in [4.78, 5) is 26.5. The van der Waals surface area contributed by atoms with Gasteiger partial charge in [0, 0.05) is 18.0 Å². The Labute approximate surface area is 248 Å². The summed E-state index contributed by atoms with van der Waals surface area (Å²) in [5.74, 6) is 0.554. The van der Waals surface area contributed by atoms with Gasteiger partial charge in [-0.3, -0.25) is 4.68 Å². The zero-order valence-corrected chi connectivity index (χ0v) is 25.3. The number of hydrogen-bond acceptors (Lipinski definition) is 7. The van der Waals surface area contributed by atoms with Gasteiger partial charge in [0.05, 0.1) is 54.5 Å². The molecule has 2 aliphatic heterocycles. The molecule has 0 bridgehead atoms. The van der Waals surface area contributed by atoms with Crippen LogP contribution in [0.5, 0.6) is 0 Å². The second-order valence-electron chi connectivity index (χ2n) is 13.1. The smallest absolute Gasteiger partial charge is 0.318 e. The van der Waals surface area contributed by atoms with Crippen molar-refractivity contribution in [2.75, 3.05) is 38.5 Å². The number of urea groups is 1. The van der Waals surface area contributed by atoms with E-state index >= 15 is 0 Å². The van der Waals surface area contributed by atoms with E-state index in [2.05, 4.69) is 82.5 Å². The summed E-state index contributed by atoms with van der Waals surface area (Å²) in [5, 5.41) is 11.3. The van der Waals surface area contributed by atoms with E-state index in [0.29, 0.717) is 25.1 Å². The molecule has 2 amide bonds. The first-order valence-corrected chi connectivity index (χ1v) is 15.4. The normalized spacial score (nSPS) is 20.5. The first-order valence-electron chi connectivity index (χ1n) is 15.4. The molecule has 6 rings (SSSR count). The third-order valence-electron chi connectivity index (χ3n) is 8.53. The van der Waals surface area contributed by atoms with Crippen molar-refractivity contribution < 1.29 is 9.53 Å². The molecule has 0 radical (unpaired) electrons. The highest BCUT2D eigenvalue weighted by Gasteiger charge is 2.35. The summed E-state index contributed by atoms with van der Waals surface area (Å²) in [5.41, 5.74) is 5.11. The Hall–Kier alpha value is -3.50. The van der Waals surface area contributed by atoms with Gasteiger partial charge in [0.15, 0.2) is 0 Å². The van der Waals surface area contributed by atoms with Gasteiger partial charge >= 0.3 is 6.03 Å². The van der Waals surface area contributed by atoms with E-state index in [-0.39, 0.29) is 23.8 Å². The Morgan fingerprint density at radius 1 is 1.07 bits per heavy atom. The van der Waals surface area contributed by atoms with E-state index in [4.69, 9.17) is 9.72 Å². The third kappa shape index (κ3) is 6.76. The highest BCUT2D eigenvalue weighted by atomic mass is 16.5. The number of hydrogen-bond donors (Lipinski definition) is 2. The molecule has 0 spiro atoms. The maximum atomic E-state index is 13.0. The van der Waals surface area contributed by atoms with E-state index in [9.17, 15) is 4.79 Å². The summed E-state index contributed by atoms with van der Waals surface area (Å²) in [6.45, 7) is 9.64. The molecule has 1 aliphatic carbocycles. The number of fused-ring (bicyclic) bond motifs is 1. The molecule has 1 aromatic carbocycles. The Morgan fingerprint density at radius 2 is 1.88 bits per heavy atom. The number of amides is 2. The minimum absolute atomic E-state index is 0.00338. The fourth-order valence-electron chi connectivity index (χ4n) is 6.28. The van der Waals surface area contributed by atoms with Gasteiger partial charge in [0.1, 0.15) is 0 Å². The van der Waals surface area contributed by atoms with Crippen molar-refractivity contribution in [2.45, 2.75) is 83.1 Å². The quantitative estimate of drug-likeness (QED) is 0.385. The van der Waals surface area contributed by atoms with Crippen molar-refractivity contribution in [3.05, 3.63) is 54.0 Å². The Balaban J connectivity index is 1.11. The van der Waals surface area contributed by atoms with E-state index < -0.39 is 0 Å². The SMILES string of the molecule is CN1CCC(n2cc(Nc3nccc(-c4ccc5c(c4)CCCCC5NC(=O)N4CC(OC(C)(C)C)C4)n3)cn2)CC1. The van der Waals surface area contributed by atoms with Crippen LogP contribution in [0, 0.1) is 0 Å². The Kier molecular flexibility index (Phi) is 8.18. The van der Waals surface area contributed by atoms with Crippen LogP contribution in [0.25, 0.3) is 11.3 Å². The Bertz CT molecular complexity index is 1390.